The van der Waals surface area contributed by atoms with Crippen molar-refractivity contribution < 1.29 is 14.4 Å². The molecule has 0 heterocycles. The summed E-state index contributed by atoms with van der Waals surface area (Å²) in [6, 6.07) is 4.70. The average molecular weight is 240 g/mol. The predicted molar refractivity (Wildman–Crippen MR) is 63.2 cm³/mol. The van der Waals surface area contributed by atoms with Crippen LogP contribution >= 0.6 is 0 Å². The van der Waals surface area contributed by atoms with Crippen LogP contribution in [-0.2, 0) is 11.3 Å². The van der Waals surface area contributed by atoms with E-state index in [-0.39, 0.29) is 5.69 Å². The monoisotopic (exact) mass is 240 g/mol. The zero-order valence-corrected chi connectivity index (χ0v) is 9.93. The summed E-state index contributed by atoms with van der Waals surface area (Å²) >= 11 is 0. The number of hydrogen-bond donors (Lipinski definition) is 1. The molecule has 6 heteroatoms. The molecule has 94 valence electrons. The van der Waals surface area contributed by atoms with Gasteiger partial charge in [-0.15, -0.1) is 0 Å². The Kier molecular flexibility index (Phi) is 5.38. The van der Waals surface area contributed by atoms with Crippen LogP contribution in [0.4, 0.5) is 5.69 Å². The van der Waals surface area contributed by atoms with Gasteiger partial charge in [0.25, 0.3) is 5.69 Å². The molecule has 17 heavy (non-hydrogen) atoms. The Morgan fingerprint density at radius 2 is 2.12 bits per heavy atom. The molecule has 0 aliphatic carbocycles. The Morgan fingerprint density at radius 3 is 2.71 bits per heavy atom. The molecule has 0 fully saturated rings. The van der Waals surface area contributed by atoms with Crippen LogP contribution in [0.3, 0.4) is 0 Å². The zero-order chi connectivity index (χ0) is 12.7. The summed E-state index contributed by atoms with van der Waals surface area (Å²) in [5, 5.41) is 13.8. The topological polar surface area (TPSA) is 73.6 Å². The van der Waals surface area contributed by atoms with Gasteiger partial charge in [0, 0.05) is 26.3 Å². The normalized spacial score (nSPS) is 10.2. The predicted octanol–water partition coefficient (Wildman–Crippen LogP) is 1.34. The van der Waals surface area contributed by atoms with Gasteiger partial charge < -0.3 is 14.8 Å². The summed E-state index contributed by atoms with van der Waals surface area (Å²) in [7, 11) is 3.11. The number of nitrogens with one attached hydrogen (secondary N) is 1. The Bertz CT molecular complexity index is 382. The molecule has 0 saturated carbocycles. The zero-order valence-electron chi connectivity index (χ0n) is 9.93. The van der Waals surface area contributed by atoms with Gasteiger partial charge in [0.1, 0.15) is 5.75 Å². The number of benzene rings is 1. The van der Waals surface area contributed by atoms with Crippen molar-refractivity contribution in [3.05, 3.63) is 33.9 Å². The van der Waals surface area contributed by atoms with Gasteiger partial charge in [-0.25, -0.2) is 0 Å². The van der Waals surface area contributed by atoms with E-state index in [2.05, 4.69) is 5.32 Å². The molecular formula is C11H16N2O4. The van der Waals surface area contributed by atoms with E-state index in [0.29, 0.717) is 25.4 Å². The molecule has 0 radical (unpaired) electrons. The van der Waals surface area contributed by atoms with E-state index in [1.54, 1.807) is 13.2 Å². The first-order valence-electron chi connectivity index (χ1n) is 5.19. The third-order valence-corrected chi connectivity index (χ3v) is 2.21. The number of nitro groups is 1. The molecule has 0 atom stereocenters. The molecule has 0 aliphatic heterocycles. The molecule has 6 nitrogen and oxygen atoms in total. The molecule has 1 aromatic rings. The maximum Gasteiger partial charge on any atom is 0.273 e. The molecule has 0 spiro atoms. The van der Waals surface area contributed by atoms with Gasteiger partial charge in [-0.3, -0.25) is 10.1 Å². The van der Waals surface area contributed by atoms with Crippen LogP contribution in [0.1, 0.15) is 5.56 Å². The Hall–Kier alpha value is -1.66. The number of non-ortho nitro benzene ring substituents is 1. The lowest BCUT2D eigenvalue weighted by Crippen LogP contribution is -2.18. The van der Waals surface area contributed by atoms with E-state index in [1.165, 1.54) is 19.2 Å². The van der Waals surface area contributed by atoms with Crippen LogP contribution in [0.15, 0.2) is 18.2 Å². The van der Waals surface area contributed by atoms with Crippen molar-refractivity contribution in [1.29, 1.82) is 0 Å². The summed E-state index contributed by atoms with van der Waals surface area (Å²) in [5.74, 6) is 0.489. The minimum absolute atomic E-state index is 0.0351. The Morgan fingerprint density at radius 1 is 1.35 bits per heavy atom. The molecule has 0 bridgehead atoms. The minimum atomic E-state index is -0.429. The molecule has 0 aromatic heterocycles. The fraction of sp³-hybridized carbons (Fsp3) is 0.455. The van der Waals surface area contributed by atoms with E-state index >= 15 is 0 Å². The third-order valence-electron chi connectivity index (χ3n) is 2.21. The van der Waals surface area contributed by atoms with E-state index in [0.717, 1.165) is 5.56 Å². The summed E-state index contributed by atoms with van der Waals surface area (Å²) in [6.07, 6.45) is 0. The van der Waals surface area contributed by atoms with Crippen LogP contribution < -0.4 is 10.1 Å². The molecular weight excluding hydrogens is 224 g/mol. The van der Waals surface area contributed by atoms with Crippen LogP contribution in [0.2, 0.25) is 0 Å². The fourth-order valence-electron chi connectivity index (χ4n) is 1.38. The SMILES string of the molecule is COCCNCc1cc(OC)cc([N+](=O)[O-])c1. The van der Waals surface area contributed by atoms with Gasteiger partial charge in [-0.05, 0) is 11.6 Å². The first-order valence-corrected chi connectivity index (χ1v) is 5.19. The van der Waals surface area contributed by atoms with Crippen LogP contribution in [0, 0.1) is 10.1 Å². The van der Waals surface area contributed by atoms with Gasteiger partial charge in [0.05, 0.1) is 24.7 Å². The lowest BCUT2D eigenvalue weighted by molar-refractivity contribution is -0.385. The van der Waals surface area contributed by atoms with Gasteiger partial charge in [-0.1, -0.05) is 0 Å². The number of nitrogens with zero attached hydrogens (tertiary/aromatic N) is 1. The van der Waals surface area contributed by atoms with Crippen molar-refractivity contribution in [3.63, 3.8) is 0 Å². The molecule has 1 aromatic carbocycles. The Balaban J connectivity index is 2.70. The van der Waals surface area contributed by atoms with Crippen molar-refractivity contribution in [1.82, 2.24) is 5.32 Å². The molecule has 0 amide bonds. The summed E-state index contributed by atoms with van der Waals surface area (Å²) in [5.41, 5.74) is 0.847. The van der Waals surface area contributed by atoms with E-state index < -0.39 is 4.92 Å². The lowest BCUT2D eigenvalue weighted by Gasteiger charge is -2.06. The maximum atomic E-state index is 10.7. The molecule has 1 N–H and O–H groups in total. The van der Waals surface area contributed by atoms with Crippen molar-refractivity contribution in [2.24, 2.45) is 0 Å². The van der Waals surface area contributed by atoms with E-state index in [9.17, 15) is 10.1 Å². The van der Waals surface area contributed by atoms with E-state index in [4.69, 9.17) is 9.47 Å². The van der Waals surface area contributed by atoms with Gasteiger partial charge in [-0.2, -0.15) is 0 Å². The summed E-state index contributed by atoms with van der Waals surface area (Å²) in [6.45, 7) is 1.84. The highest BCUT2D eigenvalue weighted by Gasteiger charge is 2.09. The Labute approximate surface area is 99.7 Å². The summed E-state index contributed by atoms with van der Waals surface area (Å²) < 4.78 is 9.91. The number of methoxy groups -OCH3 is 2. The molecule has 0 saturated heterocycles. The number of rotatable bonds is 7. The first kappa shape index (κ1) is 13.4. The lowest BCUT2D eigenvalue weighted by atomic mass is 10.2. The molecule has 0 unspecified atom stereocenters. The molecule has 1 rings (SSSR count). The molecule has 0 aliphatic rings. The standard InChI is InChI=1S/C11H16N2O4/c1-16-4-3-12-8-9-5-10(13(14)15)7-11(6-9)17-2/h5-7,12H,3-4,8H2,1-2H3. The minimum Gasteiger partial charge on any atom is -0.496 e. The van der Waals surface area contributed by atoms with Crippen LogP contribution in [0.25, 0.3) is 0 Å². The highest BCUT2D eigenvalue weighted by atomic mass is 16.6. The second-order valence-electron chi connectivity index (χ2n) is 3.47. The number of ether oxygens (including phenoxy) is 2. The smallest absolute Gasteiger partial charge is 0.273 e. The van der Waals surface area contributed by atoms with Crippen molar-refractivity contribution in [3.8, 4) is 5.75 Å². The van der Waals surface area contributed by atoms with Gasteiger partial charge in [0.15, 0.2) is 0 Å². The largest absolute Gasteiger partial charge is 0.496 e. The van der Waals surface area contributed by atoms with E-state index in [1.807, 2.05) is 0 Å². The van der Waals surface area contributed by atoms with Crippen molar-refractivity contribution in [2.45, 2.75) is 6.54 Å². The maximum absolute atomic E-state index is 10.7. The number of nitro benzene ring substituents is 1. The van der Waals surface area contributed by atoms with Crippen LogP contribution in [-0.4, -0.2) is 32.3 Å². The van der Waals surface area contributed by atoms with Crippen LogP contribution in [0.5, 0.6) is 5.75 Å². The van der Waals surface area contributed by atoms with Crippen molar-refractivity contribution in [2.75, 3.05) is 27.4 Å². The van der Waals surface area contributed by atoms with Gasteiger partial charge >= 0.3 is 0 Å². The average Bonchev–Trinajstić information content (AvgIpc) is 2.34. The second kappa shape index (κ2) is 6.82. The second-order valence-corrected chi connectivity index (χ2v) is 3.47. The fourth-order valence-corrected chi connectivity index (χ4v) is 1.38. The third kappa shape index (κ3) is 4.38. The highest BCUT2D eigenvalue weighted by molar-refractivity contribution is 5.42. The van der Waals surface area contributed by atoms with Gasteiger partial charge in [0.2, 0.25) is 0 Å². The quantitative estimate of drug-likeness (QED) is 0.442. The number of hydrogen-bond acceptors (Lipinski definition) is 5. The first-order chi connectivity index (χ1) is 8.17. The van der Waals surface area contributed by atoms with Crippen molar-refractivity contribution >= 4 is 5.69 Å². The highest BCUT2D eigenvalue weighted by Crippen LogP contribution is 2.22. The summed E-state index contributed by atoms with van der Waals surface area (Å²) in [4.78, 5) is 10.3.